The van der Waals surface area contributed by atoms with Crippen molar-refractivity contribution < 1.29 is 24.2 Å². The van der Waals surface area contributed by atoms with E-state index >= 15 is 0 Å². The van der Waals surface area contributed by atoms with E-state index in [9.17, 15) is 9.59 Å². The number of benzene rings is 1. The first-order chi connectivity index (χ1) is 10.4. The molecule has 1 fully saturated rings. The number of methoxy groups -OCH3 is 1. The van der Waals surface area contributed by atoms with Crippen LogP contribution in [0.15, 0.2) is 24.3 Å². The molecular weight excluding hydrogens is 286 g/mol. The number of hydrogen-bond donors (Lipinski definition) is 1. The fraction of sp³-hybridized carbons (Fsp3) is 0.500. The number of carbonyl (C=O) groups excluding carboxylic acids is 1. The highest BCUT2D eigenvalue weighted by atomic mass is 16.5. The van der Waals surface area contributed by atoms with E-state index in [1.54, 1.807) is 38.3 Å². The molecule has 120 valence electrons. The number of amides is 1. The molecule has 0 radical (unpaired) electrons. The average molecular weight is 307 g/mol. The van der Waals surface area contributed by atoms with E-state index in [-0.39, 0.29) is 11.9 Å². The highest BCUT2D eigenvalue weighted by Gasteiger charge is 2.40. The van der Waals surface area contributed by atoms with Crippen molar-refractivity contribution in [3.8, 4) is 11.5 Å². The Kier molecular flexibility index (Phi) is 4.90. The van der Waals surface area contributed by atoms with Gasteiger partial charge in [0.25, 0.3) is 5.91 Å². The second kappa shape index (κ2) is 6.68. The summed E-state index contributed by atoms with van der Waals surface area (Å²) >= 11 is 0. The van der Waals surface area contributed by atoms with Crippen molar-refractivity contribution in [2.75, 3.05) is 7.11 Å². The van der Waals surface area contributed by atoms with Crippen LogP contribution in [0.4, 0.5) is 0 Å². The number of nitrogens with zero attached hydrogens (tertiary/aromatic N) is 1. The van der Waals surface area contributed by atoms with Gasteiger partial charge in [0.2, 0.25) is 0 Å². The van der Waals surface area contributed by atoms with E-state index in [2.05, 4.69) is 0 Å². The lowest BCUT2D eigenvalue weighted by atomic mass is 10.2. The van der Waals surface area contributed by atoms with Gasteiger partial charge in [-0.25, -0.2) is 4.79 Å². The summed E-state index contributed by atoms with van der Waals surface area (Å²) in [5.41, 5.74) is 0. The molecule has 1 aromatic carbocycles. The number of carboxylic acids is 1. The van der Waals surface area contributed by atoms with Crippen molar-refractivity contribution >= 4 is 11.9 Å². The molecule has 1 aliphatic carbocycles. The molecule has 0 heterocycles. The lowest BCUT2D eigenvalue weighted by Gasteiger charge is -2.29. The standard InChI is InChI=1S/C16H21NO5/c1-10(16(19)20)17(12-4-5-12)15(18)11(2)22-14-8-6-13(21-3)7-9-14/h6-12H,4-5H2,1-3H3,(H,19,20). The van der Waals surface area contributed by atoms with Crippen molar-refractivity contribution in [2.24, 2.45) is 0 Å². The molecule has 1 saturated carbocycles. The van der Waals surface area contributed by atoms with Crippen LogP contribution in [0.2, 0.25) is 0 Å². The van der Waals surface area contributed by atoms with Gasteiger partial charge < -0.3 is 19.5 Å². The summed E-state index contributed by atoms with van der Waals surface area (Å²) in [6, 6.07) is 6.08. The highest BCUT2D eigenvalue weighted by molar-refractivity contribution is 5.86. The monoisotopic (exact) mass is 307 g/mol. The zero-order valence-corrected chi connectivity index (χ0v) is 13.0. The third-order valence-corrected chi connectivity index (χ3v) is 3.69. The minimum atomic E-state index is -1.00. The predicted octanol–water partition coefficient (Wildman–Crippen LogP) is 1.93. The molecule has 2 rings (SSSR count). The predicted molar refractivity (Wildman–Crippen MR) is 80.0 cm³/mol. The van der Waals surface area contributed by atoms with Crippen LogP contribution < -0.4 is 9.47 Å². The van der Waals surface area contributed by atoms with Gasteiger partial charge in [-0.3, -0.25) is 4.79 Å². The first-order valence-corrected chi connectivity index (χ1v) is 7.29. The summed E-state index contributed by atoms with van der Waals surface area (Å²) in [6.45, 7) is 3.16. The van der Waals surface area contributed by atoms with Gasteiger partial charge in [0, 0.05) is 6.04 Å². The fourth-order valence-corrected chi connectivity index (χ4v) is 2.28. The summed E-state index contributed by atoms with van der Waals surface area (Å²) in [6.07, 6.45) is 0.952. The second-order valence-electron chi connectivity index (χ2n) is 5.43. The molecule has 2 unspecified atom stereocenters. The molecule has 0 aromatic heterocycles. The molecule has 0 saturated heterocycles. The molecule has 1 aliphatic rings. The van der Waals surface area contributed by atoms with Crippen LogP contribution in [-0.2, 0) is 9.59 Å². The van der Waals surface area contributed by atoms with Gasteiger partial charge in [0.1, 0.15) is 17.5 Å². The van der Waals surface area contributed by atoms with Crippen LogP contribution >= 0.6 is 0 Å². The zero-order valence-electron chi connectivity index (χ0n) is 13.0. The third-order valence-electron chi connectivity index (χ3n) is 3.69. The van der Waals surface area contributed by atoms with Crippen LogP contribution in [0.5, 0.6) is 11.5 Å². The van der Waals surface area contributed by atoms with Crippen molar-refractivity contribution in [3.63, 3.8) is 0 Å². The lowest BCUT2D eigenvalue weighted by Crippen LogP contribution is -2.49. The van der Waals surface area contributed by atoms with E-state index in [4.69, 9.17) is 14.6 Å². The van der Waals surface area contributed by atoms with Gasteiger partial charge in [0.05, 0.1) is 7.11 Å². The van der Waals surface area contributed by atoms with Crippen molar-refractivity contribution in [1.82, 2.24) is 4.90 Å². The van der Waals surface area contributed by atoms with Crippen LogP contribution in [0.3, 0.4) is 0 Å². The zero-order chi connectivity index (χ0) is 16.3. The minimum Gasteiger partial charge on any atom is -0.497 e. The number of carboxylic acid groups (broad SMARTS) is 1. The molecule has 6 heteroatoms. The first-order valence-electron chi connectivity index (χ1n) is 7.29. The molecule has 2 atom stereocenters. The van der Waals surface area contributed by atoms with E-state index in [0.717, 1.165) is 12.8 Å². The molecule has 1 N–H and O–H groups in total. The maximum Gasteiger partial charge on any atom is 0.326 e. The summed E-state index contributed by atoms with van der Waals surface area (Å²) < 4.78 is 10.7. The minimum absolute atomic E-state index is 0.0144. The summed E-state index contributed by atoms with van der Waals surface area (Å²) in [4.78, 5) is 25.1. The van der Waals surface area contributed by atoms with E-state index in [0.29, 0.717) is 11.5 Å². The maximum absolute atomic E-state index is 12.5. The van der Waals surface area contributed by atoms with E-state index in [1.165, 1.54) is 11.8 Å². The Labute approximate surface area is 129 Å². The number of aliphatic carboxylic acids is 1. The quantitative estimate of drug-likeness (QED) is 0.833. The van der Waals surface area contributed by atoms with Crippen LogP contribution in [0.25, 0.3) is 0 Å². The highest BCUT2D eigenvalue weighted by Crippen LogP contribution is 2.30. The largest absolute Gasteiger partial charge is 0.497 e. The molecule has 1 amide bonds. The molecule has 6 nitrogen and oxygen atoms in total. The number of ether oxygens (including phenoxy) is 2. The normalized spacial score (nSPS) is 16.5. The van der Waals surface area contributed by atoms with Crippen LogP contribution in [-0.4, -0.2) is 47.2 Å². The molecule has 0 bridgehead atoms. The van der Waals surface area contributed by atoms with Crippen LogP contribution in [0, 0.1) is 0 Å². The molecule has 22 heavy (non-hydrogen) atoms. The Morgan fingerprint density at radius 2 is 1.73 bits per heavy atom. The lowest BCUT2D eigenvalue weighted by molar-refractivity contribution is -0.153. The topological polar surface area (TPSA) is 76.1 Å². The molecule has 0 aliphatic heterocycles. The Morgan fingerprint density at radius 1 is 1.18 bits per heavy atom. The van der Waals surface area contributed by atoms with Gasteiger partial charge >= 0.3 is 5.97 Å². The molecule has 1 aromatic rings. The van der Waals surface area contributed by atoms with Gasteiger partial charge in [0.15, 0.2) is 6.10 Å². The molecule has 0 spiro atoms. The van der Waals surface area contributed by atoms with Gasteiger partial charge in [-0.15, -0.1) is 0 Å². The third kappa shape index (κ3) is 3.69. The Morgan fingerprint density at radius 3 is 2.18 bits per heavy atom. The van der Waals surface area contributed by atoms with E-state index in [1.807, 2.05) is 0 Å². The van der Waals surface area contributed by atoms with Crippen molar-refractivity contribution in [2.45, 2.75) is 44.9 Å². The Bertz CT molecular complexity index is 538. The Balaban J connectivity index is 2.04. The SMILES string of the molecule is COc1ccc(OC(C)C(=O)N(C2CC2)C(C)C(=O)O)cc1. The second-order valence-corrected chi connectivity index (χ2v) is 5.43. The van der Waals surface area contributed by atoms with Crippen molar-refractivity contribution in [3.05, 3.63) is 24.3 Å². The first kappa shape index (κ1) is 16.1. The average Bonchev–Trinajstić information content (AvgIpc) is 3.32. The summed E-state index contributed by atoms with van der Waals surface area (Å²) in [7, 11) is 1.57. The summed E-state index contributed by atoms with van der Waals surface area (Å²) in [5, 5.41) is 9.16. The van der Waals surface area contributed by atoms with Crippen LogP contribution in [0.1, 0.15) is 26.7 Å². The maximum atomic E-state index is 12.5. The van der Waals surface area contributed by atoms with Gasteiger partial charge in [-0.05, 0) is 51.0 Å². The number of rotatable bonds is 7. The fourth-order valence-electron chi connectivity index (χ4n) is 2.28. The Hall–Kier alpha value is -2.24. The smallest absolute Gasteiger partial charge is 0.326 e. The molecular formula is C16H21NO5. The van der Waals surface area contributed by atoms with Gasteiger partial charge in [-0.2, -0.15) is 0 Å². The number of hydrogen-bond acceptors (Lipinski definition) is 4. The number of carbonyl (C=O) groups is 2. The summed E-state index contributed by atoms with van der Waals surface area (Å²) in [5.74, 6) is -0.0593. The van der Waals surface area contributed by atoms with Gasteiger partial charge in [-0.1, -0.05) is 0 Å². The van der Waals surface area contributed by atoms with E-state index < -0.39 is 18.1 Å². The van der Waals surface area contributed by atoms with Crippen molar-refractivity contribution in [1.29, 1.82) is 0 Å².